The minimum absolute atomic E-state index is 0.140. The number of benzene rings is 1. The fourth-order valence-corrected chi connectivity index (χ4v) is 4.10. The summed E-state index contributed by atoms with van der Waals surface area (Å²) in [6, 6.07) is 11.6. The quantitative estimate of drug-likeness (QED) is 0.483. The van der Waals surface area contributed by atoms with Crippen molar-refractivity contribution in [1.82, 2.24) is 15.6 Å². The van der Waals surface area contributed by atoms with Gasteiger partial charge in [0, 0.05) is 23.1 Å². The van der Waals surface area contributed by atoms with Crippen molar-refractivity contribution in [1.29, 1.82) is 0 Å². The molecule has 9 nitrogen and oxygen atoms in total. The van der Waals surface area contributed by atoms with Gasteiger partial charge in [0.2, 0.25) is 18.0 Å². The number of pyridine rings is 1. The van der Waals surface area contributed by atoms with Gasteiger partial charge < -0.3 is 15.5 Å². The standard InChI is InChI=1S/C30H39N5O4/c1-7-8-13-19(2)27(37)32-20(3)28(38)34-26-29(39)35(18-24(36)30(4,5)6)23-16-10-9-14-21(23)25(33-26)22-15-11-12-17-31-22/h9-12,14-17,19-20,26H,7-8,13,18H2,1-6H3,(H,32,37)(H,34,38)/t19-,20-,26?/m0/s1. The van der Waals surface area contributed by atoms with Gasteiger partial charge in [-0.15, -0.1) is 0 Å². The number of nitrogens with zero attached hydrogens (tertiary/aromatic N) is 3. The van der Waals surface area contributed by atoms with Crippen molar-refractivity contribution in [3.8, 4) is 0 Å². The number of hydrogen-bond acceptors (Lipinski definition) is 6. The molecule has 208 valence electrons. The smallest absolute Gasteiger partial charge is 0.272 e. The third-order valence-corrected chi connectivity index (χ3v) is 6.72. The number of benzodiazepines with no additional fused rings is 1. The van der Waals surface area contributed by atoms with Crippen molar-refractivity contribution in [3.05, 3.63) is 59.9 Å². The molecule has 2 aromatic rings. The molecule has 39 heavy (non-hydrogen) atoms. The average Bonchev–Trinajstić information content (AvgIpc) is 3.02. The zero-order chi connectivity index (χ0) is 28.7. The highest BCUT2D eigenvalue weighted by Gasteiger charge is 2.36. The van der Waals surface area contributed by atoms with Crippen LogP contribution in [0, 0.1) is 11.3 Å². The van der Waals surface area contributed by atoms with E-state index in [1.165, 1.54) is 4.90 Å². The number of carbonyl (C=O) groups is 4. The van der Waals surface area contributed by atoms with Crippen molar-refractivity contribution in [2.45, 2.75) is 73.0 Å². The van der Waals surface area contributed by atoms with E-state index in [1.807, 2.05) is 25.1 Å². The topological polar surface area (TPSA) is 121 Å². The average molecular weight is 534 g/mol. The maximum absolute atomic E-state index is 13.9. The van der Waals surface area contributed by atoms with E-state index in [-0.39, 0.29) is 24.2 Å². The predicted octanol–water partition coefficient (Wildman–Crippen LogP) is 3.65. The lowest BCUT2D eigenvalue weighted by atomic mass is 9.90. The van der Waals surface area contributed by atoms with Crippen LogP contribution in [0.1, 0.15) is 72.1 Å². The number of ketones is 1. The van der Waals surface area contributed by atoms with Gasteiger partial charge in [0.1, 0.15) is 6.04 Å². The first-order valence-electron chi connectivity index (χ1n) is 13.5. The van der Waals surface area contributed by atoms with Crippen molar-refractivity contribution in [3.63, 3.8) is 0 Å². The Balaban J connectivity index is 1.97. The SMILES string of the molecule is CCCC[C@H](C)C(=O)N[C@@H](C)C(=O)NC1N=C(c2ccccn2)c2ccccc2N(CC(=O)C(C)(C)C)C1=O. The van der Waals surface area contributed by atoms with E-state index in [9.17, 15) is 19.2 Å². The van der Waals surface area contributed by atoms with Crippen LogP contribution in [-0.2, 0) is 19.2 Å². The number of fused-ring (bicyclic) bond motifs is 1. The van der Waals surface area contributed by atoms with E-state index < -0.39 is 29.4 Å². The summed E-state index contributed by atoms with van der Waals surface area (Å²) in [6.07, 6.45) is 2.92. The molecule has 1 aromatic carbocycles. The van der Waals surface area contributed by atoms with Crippen molar-refractivity contribution < 1.29 is 19.2 Å². The Morgan fingerprint density at radius 2 is 1.72 bits per heavy atom. The zero-order valence-corrected chi connectivity index (χ0v) is 23.7. The molecule has 0 radical (unpaired) electrons. The lowest BCUT2D eigenvalue weighted by Gasteiger charge is -2.28. The fraction of sp³-hybridized carbons (Fsp3) is 0.467. The Hall–Kier alpha value is -3.88. The number of unbranched alkanes of at least 4 members (excludes halogenated alkanes) is 1. The molecule has 3 atom stereocenters. The van der Waals surface area contributed by atoms with Crippen LogP contribution < -0.4 is 15.5 Å². The first-order chi connectivity index (χ1) is 18.4. The minimum atomic E-state index is -1.33. The molecule has 1 aromatic heterocycles. The van der Waals surface area contributed by atoms with Crippen LogP contribution >= 0.6 is 0 Å². The van der Waals surface area contributed by atoms with Gasteiger partial charge in [-0.1, -0.05) is 71.7 Å². The van der Waals surface area contributed by atoms with Crippen LogP contribution in [0.4, 0.5) is 5.69 Å². The lowest BCUT2D eigenvalue weighted by molar-refractivity contribution is -0.132. The molecular weight excluding hydrogens is 494 g/mol. The van der Waals surface area contributed by atoms with E-state index in [0.717, 1.165) is 19.3 Å². The van der Waals surface area contributed by atoms with Gasteiger partial charge in [0.15, 0.2) is 5.78 Å². The number of aromatic nitrogens is 1. The number of hydrogen-bond donors (Lipinski definition) is 2. The monoisotopic (exact) mass is 533 g/mol. The molecule has 3 amide bonds. The summed E-state index contributed by atoms with van der Waals surface area (Å²) in [5.74, 6) is -1.70. The van der Waals surface area contributed by atoms with E-state index in [2.05, 4.69) is 27.5 Å². The van der Waals surface area contributed by atoms with Gasteiger partial charge in [0.25, 0.3) is 5.91 Å². The molecule has 3 rings (SSSR count). The highest BCUT2D eigenvalue weighted by molar-refractivity contribution is 6.20. The minimum Gasteiger partial charge on any atom is -0.344 e. The van der Waals surface area contributed by atoms with Gasteiger partial charge >= 0.3 is 0 Å². The van der Waals surface area contributed by atoms with Crippen LogP contribution in [0.15, 0.2) is 53.7 Å². The van der Waals surface area contributed by atoms with Crippen molar-refractivity contribution >= 4 is 34.9 Å². The molecule has 0 saturated carbocycles. The molecule has 2 heterocycles. The Labute approximate surface area is 230 Å². The summed E-state index contributed by atoms with van der Waals surface area (Å²) in [5, 5.41) is 5.44. The van der Waals surface area contributed by atoms with Crippen molar-refractivity contribution in [2.75, 3.05) is 11.4 Å². The van der Waals surface area contributed by atoms with Crippen LogP contribution in [0.5, 0.6) is 0 Å². The summed E-state index contributed by atoms with van der Waals surface area (Å²) in [6.45, 7) is 10.7. The molecule has 1 aliphatic heterocycles. The number of amides is 3. The predicted molar refractivity (Wildman–Crippen MR) is 151 cm³/mol. The van der Waals surface area contributed by atoms with Gasteiger partial charge in [-0.3, -0.25) is 24.2 Å². The Morgan fingerprint density at radius 3 is 2.36 bits per heavy atom. The van der Waals surface area contributed by atoms with E-state index in [4.69, 9.17) is 0 Å². The normalized spacial score (nSPS) is 16.9. The zero-order valence-electron chi connectivity index (χ0n) is 23.7. The molecule has 0 saturated heterocycles. The molecule has 0 fully saturated rings. The van der Waals surface area contributed by atoms with Gasteiger partial charge in [-0.05, 0) is 31.5 Å². The second-order valence-corrected chi connectivity index (χ2v) is 11.0. The molecule has 0 aliphatic carbocycles. The summed E-state index contributed by atoms with van der Waals surface area (Å²) >= 11 is 0. The molecule has 1 unspecified atom stereocenters. The fourth-order valence-electron chi connectivity index (χ4n) is 4.10. The summed E-state index contributed by atoms with van der Waals surface area (Å²) < 4.78 is 0. The van der Waals surface area contributed by atoms with Crippen LogP contribution in [-0.4, -0.2) is 53.0 Å². The van der Waals surface area contributed by atoms with Crippen LogP contribution in [0.25, 0.3) is 0 Å². The van der Waals surface area contributed by atoms with Gasteiger partial charge in [0.05, 0.1) is 23.6 Å². The summed E-state index contributed by atoms with van der Waals surface area (Å²) in [5.41, 5.74) is 1.38. The van der Waals surface area contributed by atoms with E-state index >= 15 is 0 Å². The molecule has 0 spiro atoms. The first-order valence-corrected chi connectivity index (χ1v) is 13.5. The van der Waals surface area contributed by atoms with Gasteiger partial charge in [-0.25, -0.2) is 4.99 Å². The number of Topliss-reactive ketones (excluding diaryl/α,β-unsaturated/α-hetero) is 1. The van der Waals surface area contributed by atoms with E-state index in [0.29, 0.717) is 22.7 Å². The second-order valence-electron chi connectivity index (χ2n) is 11.0. The number of aliphatic imine (C=N–C) groups is 1. The lowest BCUT2D eigenvalue weighted by Crippen LogP contribution is -2.54. The summed E-state index contributed by atoms with van der Waals surface area (Å²) in [7, 11) is 0. The Morgan fingerprint density at radius 1 is 1.03 bits per heavy atom. The number of anilines is 1. The van der Waals surface area contributed by atoms with E-state index in [1.54, 1.807) is 58.2 Å². The third kappa shape index (κ3) is 7.37. The highest BCUT2D eigenvalue weighted by Crippen LogP contribution is 2.29. The number of rotatable bonds is 10. The van der Waals surface area contributed by atoms with Crippen LogP contribution in [0.2, 0.25) is 0 Å². The molecule has 9 heteroatoms. The third-order valence-electron chi connectivity index (χ3n) is 6.72. The number of carbonyl (C=O) groups excluding carboxylic acids is 4. The maximum atomic E-state index is 13.9. The van der Waals surface area contributed by atoms with Crippen LogP contribution in [0.3, 0.4) is 0 Å². The summed E-state index contributed by atoms with van der Waals surface area (Å²) in [4.78, 5) is 63.2. The Bertz CT molecular complexity index is 1240. The number of para-hydroxylation sites is 1. The molecule has 0 bridgehead atoms. The Kier molecular flexibility index (Phi) is 9.72. The van der Waals surface area contributed by atoms with Gasteiger partial charge in [-0.2, -0.15) is 0 Å². The maximum Gasteiger partial charge on any atom is 0.272 e. The molecule has 1 aliphatic rings. The second kappa shape index (κ2) is 12.8. The molecule has 2 N–H and O–H groups in total. The molecular formula is C30H39N5O4. The highest BCUT2D eigenvalue weighted by atomic mass is 16.2. The van der Waals surface area contributed by atoms with Crippen molar-refractivity contribution in [2.24, 2.45) is 16.3 Å². The largest absolute Gasteiger partial charge is 0.344 e. The number of nitrogens with one attached hydrogen (secondary N) is 2. The first kappa shape index (κ1) is 29.7.